The van der Waals surface area contributed by atoms with E-state index >= 15 is 0 Å². The minimum absolute atomic E-state index is 0.710. The van der Waals surface area contributed by atoms with Crippen LogP contribution in [-0.2, 0) is 0 Å². The molecule has 0 fully saturated rings. The van der Waals surface area contributed by atoms with Gasteiger partial charge < -0.3 is 4.48 Å². The molecule has 0 aromatic carbocycles. The van der Waals surface area contributed by atoms with Crippen molar-refractivity contribution in [2.24, 2.45) is 0 Å². The van der Waals surface area contributed by atoms with Crippen LogP contribution in [0, 0.1) is 11.3 Å². The first-order chi connectivity index (χ1) is 10.7. The van der Waals surface area contributed by atoms with Crippen molar-refractivity contribution in [2.75, 3.05) is 26.7 Å². The quantitative estimate of drug-likeness (QED) is 0.251. The summed E-state index contributed by atoms with van der Waals surface area (Å²) in [4.78, 5) is 0. The van der Waals surface area contributed by atoms with Crippen LogP contribution in [0.4, 0.5) is 0 Å². The molecule has 0 bridgehead atoms. The second-order valence-electron chi connectivity index (χ2n) is 7.23. The lowest BCUT2D eigenvalue weighted by Gasteiger charge is -2.34. The first kappa shape index (κ1) is 21.4. The van der Waals surface area contributed by atoms with Crippen LogP contribution >= 0.6 is 0 Å². The predicted molar refractivity (Wildman–Crippen MR) is 97.8 cm³/mol. The summed E-state index contributed by atoms with van der Waals surface area (Å²) in [7, 11) is 2.37. The third-order valence-electron chi connectivity index (χ3n) is 4.87. The Kier molecular flexibility index (Phi) is 15.0. The molecule has 0 amide bonds. The zero-order valence-electron chi connectivity index (χ0n) is 15.7. The van der Waals surface area contributed by atoms with Crippen molar-refractivity contribution in [3.8, 4) is 6.07 Å². The minimum Gasteiger partial charge on any atom is -0.325 e. The van der Waals surface area contributed by atoms with Gasteiger partial charge in [-0.25, -0.2) is 0 Å². The molecular weight excluding hydrogens is 268 g/mol. The molecule has 0 aliphatic heterocycles. The normalized spacial score (nSPS) is 11.5. The number of hydrogen-bond donors (Lipinski definition) is 0. The van der Waals surface area contributed by atoms with E-state index in [0.717, 1.165) is 11.0 Å². The summed E-state index contributed by atoms with van der Waals surface area (Å²) in [5.74, 6) is 0. The van der Waals surface area contributed by atoms with Gasteiger partial charge in [0.1, 0.15) is 0 Å². The fraction of sp³-hybridized carbons (Fsp3) is 0.950. The van der Waals surface area contributed by atoms with Gasteiger partial charge in [0.2, 0.25) is 0 Å². The Hall–Kier alpha value is -0.550. The molecular formula is C20H41N2+. The second-order valence-corrected chi connectivity index (χ2v) is 7.23. The van der Waals surface area contributed by atoms with Crippen LogP contribution in [0.25, 0.3) is 0 Å². The highest BCUT2D eigenvalue weighted by atomic mass is 15.3. The van der Waals surface area contributed by atoms with E-state index in [1.165, 1.54) is 90.1 Å². The van der Waals surface area contributed by atoms with E-state index in [4.69, 9.17) is 5.26 Å². The average molecular weight is 310 g/mol. The van der Waals surface area contributed by atoms with Gasteiger partial charge in [0, 0.05) is 0 Å². The third-order valence-corrected chi connectivity index (χ3v) is 4.87. The molecule has 0 spiro atoms. The lowest BCUT2D eigenvalue weighted by Crippen LogP contribution is -2.46. The molecule has 0 aromatic heterocycles. The van der Waals surface area contributed by atoms with Gasteiger partial charge in [-0.3, -0.25) is 0 Å². The van der Waals surface area contributed by atoms with E-state index in [0.29, 0.717) is 6.42 Å². The summed E-state index contributed by atoms with van der Waals surface area (Å²) in [6, 6.07) is 2.34. The van der Waals surface area contributed by atoms with Crippen molar-refractivity contribution in [1.29, 1.82) is 5.26 Å². The first-order valence-corrected chi connectivity index (χ1v) is 9.89. The number of nitrogens with zero attached hydrogens (tertiary/aromatic N) is 2. The Labute approximate surface area is 140 Å². The molecule has 0 aliphatic carbocycles. The third kappa shape index (κ3) is 13.1. The average Bonchev–Trinajstić information content (AvgIpc) is 2.52. The summed E-state index contributed by atoms with van der Waals surface area (Å²) in [6.07, 6.45) is 17.1. The smallest absolute Gasteiger partial charge is 0.0916 e. The Balaban J connectivity index is 3.88. The van der Waals surface area contributed by atoms with Crippen LogP contribution in [0.15, 0.2) is 0 Å². The zero-order chi connectivity index (χ0) is 16.5. The van der Waals surface area contributed by atoms with E-state index in [2.05, 4.69) is 27.0 Å². The summed E-state index contributed by atoms with van der Waals surface area (Å²) in [5.41, 5.74) is 0. The summed E-state index contributed by atoms with van der Waals surface area (Å²) >= 11 is 0. The van der Waals surface area contributed by atoms with Crippen LogP contribution in [0.1, 0.15) is 97.3 Å². The Morgan fingerprint density at radius 1 is 0.636 bits per heavy atom. The molecule has 0 rings (SSSR count). The molecule has 0 aromatic rings. The van der Waals surface area contributed by atoms with Gasteiger partial charge in [0.25, 0.3) is 0 Å². The lowest BCUT2D eigenvalue weighted by atomic mass is 10.1. The molecule has 0 atom stereocenters. The maximum atomic E-state index is 8.91. The van der Waals surface area contributed by atoms with Crippen LogP contribution in [0.5, 0.6) is 0 Å². The Morgan fingerprint density at radius 3 is 1.45 bits per heavy atom. The van der Waals surface area contributed by atoms with Crippen molar-refractivity contribution in [3.63, 3.8) is 0 Å². The molecule has 0 N–H and O–H groups in total. The number of nitriles is 1. The highest BCUT2D eigenvalue weighted by Crippen LogP contribution is 2.14. The van der Waals surface area contributed by atoms with Crippen LogP contribution in [-0.4, -0.2) is 31.2 Å². The molecule has 0 radical (unpaired) electrons. The maximum absolute atomic E-state index is 8.91. The monoisotopic (exact) mass is 309 g/mol. The predicted octanol–water partition coefficient (Wildman–Crippen LogP) is 6.07. The van der Waals surface area contributed by atoms with Gasteiger partial charge in [0.15, 0.2) is 0 Å². The van der Waals surface area contributed by atoms with E-state index in [1.807, 2.05) is 0 Å². The molecule has 2 nitrogen and oxygen atoms in total. The molecule has 0 heterocycles. The molecule has 2 heteroatoms. The van der Waals surface area contributed by atoms with Crippen molar-refractivity contribution >= 4 is 0 Å². The minimum atomic E-state index is 0.710. The summed E-state index contributed by atoms with van der Waals surface area (Å²) in [6.45, 7) is 8.12. The molecule has 0 aliphatic rings. The van der Waals surface area contributed by atoms with Crippen molar-refractivity contribution < 1.29 is 4.48 Å². The second kappa shape index (κ2) is 15.3. The number of hydrogen-bond acceptors (Lipinski definition) is 1. The Bertz CT molecular complexity index is 251. The molecule has 0 saturated carbocycles. The van der Waals surface area contributed by atoms with Crippen LogP contribution in [0.3, 0.4) is 0 Å². The van der Waals surface area contributed by atoms with Crippen molar-refractivity contribution in [1.82, 2.24) is 0 Å². The zero-order valence-corrected chi connectivity index (χ0v) is 15.7. The molecule has 130 valence electrons. The molecule has 0 saturated heterocycles. The fourth-order valence-corrected chi connectivity index (χ4v) is 3.20. The van der Waals surface area contributed by atoms with Crippen LogP contribution < -0.4 is 0 Å². The van der Waals surface area contributed by atoms with Gasteiger partial charge in [0.05, 0.1) is 39.2 Å². The van der Waals surface area contributed by atoms with Gasteiger partial charge in [-0.15, -0.1) is 0 Å². The maximum Gasteiger partial charge on any atom is 0.0916 e. The van der Waals surface area contributed by atoms with E-state index in [9.17, 15) is 0 Å². The van der Waals surface area contributed by atoms with Gasteiger partial charge >= 0.3 is 0 Å². The van der Waals surface area contributed by atoms with Crippen molar-refractivity contribution in [3.05, 3.63) is 0 Å². The van der Waals surface area contributed by atoms with Gasteiger partial charge in [-0.2, -0.15) is 5.26 Å². The molecule has 22 heavy (non-hydrogen) atoms. The number of quaternary nitrogens is 1. The van der Waals surface area contributed by atoms with Gasteiger partial charge in [-0.1, -0.05) is 65.2 Å². The first-order valence-electron chi connectivity index (χ1n) is 9.89. The Morgan fingerprint density at radius 2 is 1.05 bits per heavy atom. The highest BCUT2D eigenvalue weighted by Gasteiger charge is 2.20. The molecule has 0 unspecified atom stereocenters. The standard InChI is InChI=1S/C20H41N2/c1-4-6-8-10-12-14-18-22(3,20-16-17-21)19-15-13-11-9-7-5-2/h4-16,18-20H2,1-3H3/q+1. The fourth-order valence-electron chi connectivity index (χ4n) is 3.20. The number of rotatable bonds is 16. The van der Waals surface area contributed by atoms with E-state index in [-0.39, 0.29) is 0 Å². The van der Waals surface area contributed by atoms with Crippen LogP contribution in [0.2, 0.25) is 0 Å². The van der Waals surface area contributed by atoms with Crippen molar-refractivity contribution in [2.45, 2.75) is 97.3 Å². The van der Waals surface area contributed by atoms with E-state index < -0.39 is 0 Å². The largest absolute Gasteiger partial charge is 0.325 e. The number of unbranched alkanes of at least 4 members (excludes halogenated alkanes) is 10. The lowest BCUT2D eigenvalue weighted by molar-refractivity contribution is -0.909. The SMILES string of the molecule is CCCCCCCC[N+](C)(CCC#N)CCCCCCCC. The highest BCUT2D eigenvalue weighted by molar-refractivity contribution is 4.68. The summed E-state index contributed by atoms with van der Waals surface area (Å²) in [5, 5.41) is 8.91. The van der Waals surface area contributed by atoms with Gasteiger partial charge in [-0.05, 0) is 25.7 Å². The summed E-state index contributed by atoms with van der Waals surface area (Å²) < 4.78 is 1.12. The topological polar surface area (TPSA) is 23.8 Å². The van der Waals surface area contributed by atoms with E-state index in [1.54, 1.807) is 0 Å².